The molecule has 0 amide bonds. The normalized spacial score (nSPS) is 14.1. The van der Waals surface area contributed by atoms with E-state index in [9.17, 15) is 14.9 Å². The van der Waals surface area contributed by atoms with E-state index in [-0.39, 0.29) is 35.7 Å². The van der Waals surface area contributed by atoms with E-state index in [2.05, 4.69) is 0 Å². The third-order valence-corrected chi connectivity index (χ3v) is 4.83. The average molecular weight is 395 g/mol. The summed E-state index contributed by atoms with van der Waals surface area (Å²) in [6, 6.07) is 15.4. The molecule has 0 N–H and O–H groups in total. The number of rotatable bonds is 7. The van der Waals surface area contributed by atoms with Gasteiger partial charge in [0.25, 0.3) is 5.69 Å². The fourth-order valence-corrected chi connectivity index (χ4v) is 3.29. The number of nitro benzene ring substituents is 1. The molecule has 1 heterocycles. The molecular weight excluding hydrogens is 374 g/mol. The molecule has 2 aromatic carbocycles. The zero-order valence-corrected chi connectivity index (χ0v) is 15.8. The van der Waals surface area contributed by atoms with E-state index in [0.717, 1.165) is 0 Å². The third kappa shape index (κ3) is 5.23. The summed E-state index contributed by atoms with van der Waals surface area (Å²) in [5.74, 6) is 0.123. The van der Waals surface area contributed by atoms with Gasteiger partial charge in [-0.15, -0.1) is 0 Å². The van der Waals surface area contributed by atoms with Crippen molar-refractivity contribution in [3.63, 3.8) is 0 Å². The van der Waals surface area contributed by atoms with Gasteiger partial charge in [0.15, 0.2) is 0 Å². The van der Waals surface area contributed by atoms with E-state index in [4.69, 9.17) is 14.7 Å². The van der Waals surface area contributed by atoms with Crippen LogP contribution in [0.25, 0.3) is 0 Å². The third-order valence-electron chi connectivity index (χ3n) is 4.83. The standard InChI is InChI=1S/C21H21N3O5/c22-15-16-5-7-18(8-6-16)28-13-14-29-21(25)17-9-11-23(12-10-17)19-3-1-2-4-20(19)24(26)27/h1-8,17H,9-14H2. The van der Waals surface area contributed by atoms with Gasteiger partial charge in [0, 0.05) is 19.2 Å². The monoisotopic (exact) mass is 395 g/mol. The molecule has 8 heteroatoms. The van der Waals surface area contributed by atoms with Crippen molar-refractivity contribution in [2.24, 2.45) is 5.92 Å². The zero-order chi connectivity index (χ0) is 20.6. The number of nitrogens with zero attached hydrogens (tertiary/aromatic N) is 3. The Balaban J connectivity index is 1.42. The maximum absolute atomic E-state index is 12.3. The Morgan fingerprint density at radius 3 is 2.48 bits per heavy atom. The van der Waals surface area contributed by atoms with Crippen LogP contribution < -0.4 is 9.64 Å². The van der Waals surface area contributed by atoms with Crippen LogP contribution in [0.4, 0.5) is 11.4 Å². The predicted octanol–water partition coefficient (Wildman–Crippen LogP) is 3.31. The Labute approximate surface area is 168 Å². The van der Waals surface area contributed by atoms with Crippen LogP contribution in [0.2, 0.25) is 0 Å². The highest BCUT2D eigenvalue weighted by Gasteiger charge is 2.28. The van der Waals surface area contributed by atoms with Gasteiger partial charge in [0.1, 0.15) is 24.7 Å². The summed E-state index contributed by atoms with van der Waals surface area (Å²) in [6.07, 6.45) is 1.17. The lowest BCUT2D eigenvalue weighted by Crippen LogP contribution is -2.37. The molecule has 0 aromatic heterocycles. The summed E-state index contributed by atoms with van der Waals surface area (Å²) in [7, 11) is 0. The van der Waals surface area contributed by atoms with Crippen LogP contribution in [0.15, 0.2) is 48.5 Å². The number of para-hydroxylation sites is 2. The lowest BCUT2D eigenvalue weighted by Gasteiger charge is -2.32. The van der Waals surface area contributed by atoms with Crippen LogP contribution in [0.5, 0.6) is 5.75 Å². The van der Waals surface area contributed by atoms with Crippen molar-refractivity contribution < 1.29 is 19.2 Å². The highest BCUT2D eigenvalue weighted by atomic mass is 16.6. The Kier molecular flexibility index (Phi) is 6.63. The van der Waals surface area contributed by atoms with Crippen molar-refractivity contribution in [1.82, 2.24) is 0 Å². The van der Waals surface area contributed by atoms with Gasteiger partial charge in [-0.05, 0) is 43.2 Å². The fraction of sp³-hybridized carbons (Fsp3) is 0.333. The molecule has 29 heavy (non-hydrogen) atoms. The molecular formula is C21H21N3O5. The number of carbonyl (C=O) groups is 1. The summed E-state index contributed by atoms with van der Waals surface area (Å²) in [6.45, 7) is 1.49. The molecule has 1 aliphatic rings. The SMILES string of the molecule is N#Cc1ccc(OCCOC(=O)C2CCN(c3ccccc3[N+](=O)[O-])CC2)cc1. The molecule has 0 radical (unpaired) electrons. The average Bonchev–Trinajstić information content (AvgIpc) is 2.77. The maximum Gasteiger partial charge on any atom is 0.309 e. The van der Waals surface area contributed by atoms with Crippen molar-refractivity contribution >= 4 is 17.3 Å². The van der Waals surface area contributed by atoms with Crippen LogP contribution in [0, 0.1) is 27.4 Å². The minimum atomic E-state index is -0.385. The first-order valence-electron chi connectivity index (χ1n) is 9.36. The van der Waals surface area contributed by atoms with Gasteiger partial charge in [-0.2, -0.15) is 5.26 Å². The molecule has 0 atom stereocenters. The molecule has 150 valence electrons. The predicted molar refractivity (Wildman–Crippen MR) is 106 cm³/mol. The number of ether oxygens (including phenoxy) is 2. The van der Waals surface area contributed by atoms with E-state index < -0.39 is 0 Å². The summed E-state index contributed by atoms with van der Waals surface area (Å²) in [5.41, 5.74) is 1.21. The van der Waals surface area contributed by atoms with Gasteiger partial charge in [0.2, 0.25) is 0 Å². The topological polar surface area (TPSA) is 106 Å². The van der Waals surface area contributed by atoms with Crippen molar-refractivity contribution in [2.45, 2.75) is 12.8 Å². The van der Waals surface area contributed by atoms with E-state index in [1.54, 1.807) is 42.5 Å². The quantitative estimate of drug-likeness (QED) is 0.306. The van der Waals surface area contributed by atoms with Crippen molar-refractivity contribution in [1.29, 1.82) is 5.26 Å². The van der Waals surface area contributed by atoms with Gasteiger partial charge < -0.3 is 14.4 Å². The number of nitro groups is 1. The Morgan fingerprint density at radius 2 is 1.83 bits per heavy atom. The van der Waals surface area contributed by atoms with Gasteiger partial charge in [-0.25, -0.2) is 0 Å². The first-order valence-corrected chi connectivity index (χ1v) is 9.36. The number of esters is 1. The number of piperidine rings is 1. The Bertz CT molecular complexity index is 899. The van der Waals surface area contributed by atoms with Crippen LogP contribution >= 0.6 is 0 Å². The number of hydrogen-bond donors (Lipinski definition) is 0. The molecule has 0 spiro atoms. The van der Waals surface area contributed by atoms with E-state index in [0.29, 0.717) is 42.9 Å². The number of nitriles is 1. The second-order valence-electron chi connectivity index (χ2n) is 6.66. The first-order chi connectivity index (χ1) is 14.1. The van der Waals surface area contributed by atoms with Gasteiger partial charge in [-0.1, -0.05) is 12.1 Å². The molecule has 0 aliphatic carbocycles. The molecule has 3 rings (SSSR count). The zero-order valence-electron chi connectivity index (χ0n) is 15.8. The van der Waals surface area contributed by atoms with Crippen LogP contribution in [-0.4, -0.2) is 37.2 Å². The lowest BCUT2D eigenvalue weighted by molar-refractivity contribution is -0.384. The number of carbonyl (C=O) groups excluding carboxylic acids is 1. The molecule has 1 aliphatic heterocycles. The summed E-state index contributed by atoms with van der Waals surface area (Å²) in [5, 5.41) is 20.0. The number of benzene rings is 2. The van der Waals surface area contributed by atoms with Crippen LogP contribution in [0.3, 0.4) is 0 Å². The highest BCUT2D eigenvalue weighted by molar-refractivity contribution is 5.73. The van der Waals surface area contributed by atoms with Gasteiger partial charge >= 0.3 is 5.97 Å². The Morgan fingerprint density at radius 1 is 1.14 bits per heavy atom. The van der Waals surface area contributed by atoms with Gasteiger partial charge in [0.05, 0.1) is 22.5 Å². The molecule has 0 bridgehead atoms. The second-order valence-corrected chi connectivity index (χ2v) is 6.66. The molecule has 0 saturated carbocycles. The summed E-state index contributed by atoms with van der Waals surface area (Å²) in [4.78, 5) is 25.0. The first kappa shape index (κ1) is 20.1. The Hall–Kier alpha value is -3.60. The fourth-order valence-electron chi connectivity index (χ4n) is 3.29. The molecule has 1 saturated heterocycles. The molecule has 0 unspecified atom stereocenters. The van der Waals surface area contributed by atoms with Crippen LogP contribution in [-0.2, 0) is 9.53 Å². The van der Waals surface area contributed by atoms with E-state index in [1.807, 2.05) is 11.0 Å². The highest BCUT2D eigenvalue weighted by Crippen LogP contribution is 2.31. The summed E-state index contributed by atoms with van der Waals surface area (Å²) >= 11 is 0. The number of anilines is 1. The number of hydrogen-bond acceptors (Lipinski definition) is 7. The largest absolute Gasteiger partial charge is 0.490 e. The van der Waals surface area contributed by atoms with Crippen molar-refractivity contribution in [3.05, 3.63) is 64.2 Å². The minimum absolute atomic E-state index is 0.0773. The van der Waals surface area contributed by atoms with E-state index in [1.165, 1.54) is 6.07 Å². The van der Waals surface area contributed by atoms with Crippen LogP contribution in [0.1, 0.15) is 18.4 Å². The maximum atomic E-state index is 12.3. The van der Waals surface area contributed by atoms with Crippen molar-refractivity contribution in [2.75, 3.05) is 31.2 Å². The van der Waals surface area contributed by atoms with Gasteiger partial charge in [-0.3, -0.25) is 14.9 Å². The molecule has 1 fully saturated rings. The summed E-state index contributed by atoms with van der Waals surface area (Å²) < 4.78 is 10.8. The second kappa shape index (κ2) is 9.55. The van der Waals surface area contributed by atoms with E-state index >= 15 is 0 Å². The van der Waals surface area contributed by atoms with Crippen molar-refractivity contribution in [3.8, 4) is 11.8 Å². The smallest absolute Gasteiger partial charge is 0.309 e. The lowest BCUT2D eigenvalue weighted by atomic mass is 9.96. The minimum Gasteiger partial charge on any atom is -0.490 e. The molecule has 8 nitrogen and oxygen atoms in total. The molecule has 2 aromatic rings.